The summed E-state index contributed by atoms with van der Waals surface area (Å²) in [5, 5.41) is 6.96. The summed E-state index contributed by atoms with van der Waals surface area (Å²) in [5.41, 5.74) is 0.568. The quantitative estimate of drug-likeness (QED) is 0.426. The van der Waals surface area contributed by atoms with Crippen molar-refractivity contribution in [2.24, 2.45) is 0 Å². The van der Waals surface area contributed by atoms with E-state index in [4.69, 9.17) is 5.41 Å². The lowest BCUT2D eigenvalue weighted by Gasteiger charge is -1.93. The predicted octanol–water partition coefficient (Wildman–Crippen LogP) is 2.42. The molecule has 0 aliphatic carbocycles. The largest absolute Gasteiger partial charge is 0.310 e. The molecule has 1 nitrogen and oxygen atoms in total. The van der Waals surface area contributed by atoms with Crippen LogP contribution in [0.4, 0.5) is 0 Å². The number of unbranched alkanes of at least 4 members (excludes halogenated alkanes) is 2. The molecule has 0 bridgehead atoms. The van der Waals surface area contributed by atoms with Gasteiger partial charge in [0.2, 0.25) is 0 Å². The second-order valence-corrected chi connectivity index (χ2v) is 2.06. The van der Waals surface area contributed by atoms with Gasteiger partial charge in [0.25, 0.3) is 0 Å². The van der Waals surface area contributed by atoms with Crippen molar-refractivity contribution in [3.8, 4) is 0 Å². The van der Waals surface area contributed by atoms with Gasteiger partial charge in [-0.25, -0.2) is 0 Å². The van der Waals surface area contributed by atoms with Crippen molar-refractivity contribution in [1.82, 2.24) is 0 Å². The minimum atomic E-state index is 0.568. The molecule has 0 atom stereocenters. The average Bonchev–Trinajstić information content (AvgIpc) is 1.66. The summed E-state index contributed by atoms with van der Waals surface area (Å²) in [7, 11) is 0. The van der Waals surface area contributed by atoms with Crippen LogP contribution in [0.2, 0.25) is 0 Å². The molecule has 0 unspecified atom stereocenters. The highest BCUT2D eigenvalue weighted by atomic mass is 14.4. The third kappa shape index (κ3) is 5.67. The van der Waals surface area contributed by atoms with Gasteiger partial charge in [-0.3, -0.25) is 0 Å². The van der Waals surface area contributed by atoms with E-state index in [1.54, 1.807) is 0 Å². The number of hydrogen-bond donors (Lipinski definition) is 1. The molecule has 0 saturated heterocycles. The molecular formula is C7H14N. The molecular weight excluding hydrogens is 98.1 g/mol. The summed E-state index contributed by atoms with van der Waals surface area (Å²) in [5.74, 6) is 0. The molecule has 0 rings (SSSR count). The lowest BCUT2D eigenvalue weighted by atomic mass is 10.1. The standard InChI is InChI=1S/C7H14N/c1-3-4-5-6-7(2)8/h8H,2-6H2,1H3. The van der Waals surface area contributed by atoms with Crippen molar-refractivity contribution < 1.29 is 0 Å². The van der Waals surface area contributed by atoms with Gasteiger partial charge in [0, 0.05) is 5.71 Å². The first-order valence-electron chi connectivity index (χ1n) is 3.16. The molecule has 0 aliphatic heterocycles. The van der Waals surface area contributed by atoms with E-state index in [1.807, 2.05) is 0 Å². The molecule has 0 amide bonds. The van der Waals surface area contributed by atoms with Crippen LogP contribution in [-0.2, 0) is 0 Å². The third-order valence-corrected chi connectivity index (χ3v) is 1.08. The molecule has 0 aromatic heterocycles. The molecule has 1 N–H and O–H groups in total. The number of nitrogens with one attached hydrogen (secondary N) is 1. The van der Waals surface area contributed by atoms with Gasteiger partial charge < -0.3 is 5.41 Å². The molecule has 1 radical (unpaired) electrons. The van der Waals surface area contributed by atoms with Gasteiger partial charge in [0.15, 0.2) is 0 Å². The summed E-state index contributed by atoms with van der Waals surface area (Å²) in [6, 6.07) is 0. The summed E-state index contributed by atoms with van der Waals surface area (Å²) < 4.78 is 0. The third-order valence-electron chi connectivity index (χ3n) is 1.08. The monoisotopic (exact) mass is 112 g/mol. The van der Waals surface area contributed by atoms with Crippen molar-refractivity contribution >= 4 is 5.71 Å². The molecule has 1 heteroatoms. The van der Waals surface area contributed by atoms with Crippen molar-refractivity contribution in [3.05, 3.63) is 6.92 Å². The normalized spacial score (nSPS) is 9.25. The van der Waals surface area contributed by atoms with Crippen molar-refractivity contribution in [2.45, 2.75) is 32.6 Å². The predicted molar refractivity (Wildman–Crippen MR) is 37.2 cm³/mol. The average molecular weight is 112 g/mol. The van der Waals surface area contributed by atoms with E-state index in [2.05, 4.69) is 13.8 Å². The first kappa shape index (κ1) is 7.67. The van der Waals surface area contributed by atoms with Crippen LogP contribution in [0.1, 0.15) is 32.6 Å². The summed E-state index contributed by atoms with van der Waals surface area (Å²) >= 11 is 0. The fraction of sp³-hybridized carbons (Fsp3) is 0.714. The van der Waals surface area contributed by atoms with Crippen LogP contribution in [0, 0.1) is 12.3 Å². The van der Waals surface area contributed by atoms with E-state index in [0.29, 0.717) is 5.71 Å². The molecule has 0 aliphatic rings. The van der Waals surface area contributed by atoms with Gasteiger partial charge in [-0.15, -0.1) is 0 Å². The van der Waals surface area contributed by atoms with Crippen LogP contribution >= 0.6 is 0 Å². The Balaban J connectivity index is 2.82. The van der Waals surface area contributed by atoms with Gasteiger partial charge >= 0.3 is 0 Å². The van der Waals surface area contributed by atoms with Crippen LogP contribution in [0.15, 0.2) is 0 Å². The molecule has 0 aromatic rings. The van der Waals surface area contributed by atoms with Crippen molar-refractivity contribution in [1.29, 1.82) is 5.41 Å². The SMILES string of the molecule is [CH2]C(=N)CCCCC. The summed E-state index contributed by atoms with van der Waals surface area (Å²) in [6.07, 6.45) is 4.48. The van der Waals surface area contributed by atoms with E-state index in [1.165, 1.54) is 12.8 Å². The lowest BCUT2D eigenvalue weighted by Crippen LogP contribution is -1.87. The first-order chi connectivity index (χ1) is 3.77. The Morgan fingerprint density at radius 2 is 2.12 bits per heavy atom. The topological polar surface area (TPSA) is 23.9 Å². The molecule has 0 fully saturated rings. The van der Waals surface area contributed by atoms with Crippen LogP contribution in [0.3, 0.4) is 0 Å². The number of rotatable bonds is 4. The van der Waals surface area contributed by atoms with Gasteiger partial charge in [-0.1, -0.05) is 19.8 Å². The van der Waals surface area contributed by atoms with E-state index in [-0.39, 0.29) is 0 Å². The van der Waals surface area contributed by atoms with Gasteiger partial charge in [-0.2, -0.15) is 0 Å². The Labute approximate surface area is 51.6 Å². The van der Waals surface area contributed by atoms with Crippen LogP contribution in [-0.4, -0.2) is 5.71 Å². The lowest BCUT2D eigenvalue weighted by molar-refractivity contribution is 0.741. The van der Waals surface area contributed by atoms with Crippen molar-refractivity contribution in [3.63, 3.8) is 0 Å². The highest BCUT2D eigenvalue weighted by Crippen LogP contribution is 1.98. The maximum atomic E-state index is 6.96. The zero-order valence-electron chi connectivity index (χ0n) is 5.54. The second-order valence-electron chi connectivity index (χ2n) is 2.06. The highest BCUT2D eigenvalue weighted by molar-refractivity contribution is 5.85. The first-order valence-corrected chi connectivity index (χ1v) is 3.16. The fourth-order valence-electron chi connectivity index (χ4n) is 0.588. The van der Waals surface area contributed by atoms with E-state index in [0.717, 1.165) is 12.8 Å². The van der Waals surface area contributed by atoms with Gasteiger partial charge in [0.1, 0.15) is 0 Å². The molecule has 0 heterocycles. The zero-order chi connectivity index (χ0) is 6.41. The molecule has 47 valence electrons. The van der Waals surface area contributed by atoms with Crippen LogP contribution in [0.5, 0.6) is 0 Å². The fourth-order valence-corrected chi connectivity index (χ4v) is 0.588. The zero-order valence-corrected chi connectivity index (χ0v) is 5.54. The van der Waals surface area contributed by atoms with E-state index < -0.39 is 0 Å². The molecule has 0 saturated carbocycles. The van der Waals surface area contributed by atoms with Crippen molar-refractivity contribution in [2.75, 3.05) is 0 Å². The maximum Gasteiger partial charge on any atom is 0.00929 e. The van der Waals surface area contributed by atoms with E-state index in [9.17, 15) is 0 Å². The Hall–Kier alpha value is -0.330. The van der Waals surface area contributed by atoms with Gasteiger partial charge in [-0.05, 0) is 19.8 Å². The highest BCUT2D eigenvalue weighted by Gasteiger charge is 1.86. The Morgan fingerprint density at radius 1 is 1.50 bits per heavy atom. The summed E-state index contributed by atoms with van der Waals surface area (Å²) in [4.78, 5) is 0. The number of hydrogen-bond acceptors (Lipinski definition) is 1. The van der Waals surface area contributed by atoms with Crippen LogP contribution < -0.4 is 0 Å². The Morgan fingerprint density at radius 3 is 2.50 bits per heavy atom. The van der Waals surface area contributed by atoms with Gasteiger partial charge in [0.05, 0.1) is 0 Å². The van der Waals surface area contributed by atoms with E-state index >= 15 is 0 Å². The minimum absolute atomic E-state index is 0.568. The smallest absolute Gasteiger partial charge is 0.00929 e. The second kappa shape index (κ2) is 4.82. The summed E-state index contributed by atoms with van der Waals surface area (Å²) in [6.45, 7) is 5.65. The maximum absolute atomic E-state index is 6.96. The minimum Gasteiger partial charge on any atom is -0.310 e. The Kier molecular flexibility index (Phi) is 4.62. The Bertz CT molecular complexity index is 66.8. The molecule has 8 heavy (non-hydrogen) atoms. The molecule has 0 aromatic carbocycles. The van der Waals surface area contributed by atoms with Crippen LogP contribution in [0.25, 0.3) is 0 Å². The molecule has 0 spiro atoms.